The Bertz CT molecular complexity index is 216. The second-order valence-corrected chi connectivity index (χ2v) is 4.21. The molecule has 82 valence electrons. The van der Waals surface area contributed by atoms with E-state index in [0.717, 1.165) is 19.3 Å². The topological polar surface area (TPSA) is 78.3 Å². The molecule has 1 amide bonds. The van der Waals surface area contributed by atoms with Crippen molar-refractivity contribution in [2.24, 2.45) is 17.4 Å². The summed E-state index contributed by atoms with van der Waals surface area (Å²) >= 11 is 0. The van der Waals surface area contributed by atoms with E-state index >= 15 is 0 Å². The van der Waals surface area contributed by atoms with Crippen LogP contribution in [-0.4, -0.2) is 24.2 Å². The molecule has 1 fully saturated rings. The first-order chi connectivity index (χ1) is 6.50. The van der Waals surface area contributed by atoms with Crippen molar-refractivity contribution in [3.63, 3.8) is 0 Å². The summed E-state index contributed by atoms with van der Waals surface area (Å²) in [7, 11) is 0. The van der Waals surface area contributed by atoms with Gasteiger partial charge in [-0.1, -0.05) is 6.92 Å². The van der Waals surface area contributed by atoms with Gasteiger partial charge in [0, 0.05) is 0 Å². The highest BCUT2D eigenvalue weighted by molar-refractivity contribution is 5.85. The van der Waals surface area contributed by atoms with Crippen molar-refractivity contribution in [1.82, 2.24) is 0 Å². The van der Waals surface area contributed by atoms with Crippen LogP contribution in [0, 0.1) is 5.92 Å². The number of ether oxygens (including phenoxy) is 1. The van der Waals surface area contributed by atoms with Gasteiger partial charge in [0.2, 0.25) is 5.91 Å². The lowest BCUT2D eigenvalue weighted by Crippen LogP contribution is -2.57. The van der Waals surface area contributed by atoms with Crippen LogP contribution in [-0.2, 0) is 9.53 Å². The van der Waals surface area contributed by atoms with Crippen LogP contribution < -0.4 is 11.5 Å². The molecule has 0 aromatic rings. The molecule has 0 aromatic heterocycles. The zero-order valence-electron chi connectivity index (χ0n) is 8.95. The number of hydrogen-bond acceptors (Lipinski definition) is 3. The molecule has 2 unspecified atom stereocenters. The Morgan fingerprint density at radius 1 is 1.64 bits per heavy atom. The van der Waals surface area contributed by atoms with Gasteiger partial charge in [-0.2, -0.15) is 0 Å². The van der Waals surface area contributed by atoms with Crippen LogP contribution in [0.1, 0.15) is 33.1 Å². The fourth-order valence-corrected chi connectivity index (χ4v) is 1.39. The third-order valence-corrected chi connectivity index (χ3v) is 2.95. The first kappa shape index (κ1) is 11.5. The van der Waals surface area contributed by atoms with Crippen molar-refractivity contribution in [1.29, 1.82) is 0 Å². The molecule has 1 saturated carbocycles. The monoisotopic (exact) mass is 200 g/mol. The van der Waals surface area contributed by atoms with Gasteiger partial charge in [0.25, 0.3) is 0 Å². The zero-order valence-corrected chi connectivity index (χ0v) is 8.95. The molecule has 0 spiro atoms. The highest BCUT2D eigenvalue weighted by Crippen LogP contribution is 2.38. The molecule has 0 radical (unpaired) electrons. The smallest absolute Gasteiger partial charge is 0.240 e. The Morgan fingerprint density at radius 2 is 2.21 bits per heavy atom. The van der Waals surface area contributed by atoms with Gasteiger partial charge < -0.3 is 16.2 Å². The third kappa shape index (κ3) is 2.45. The van der Waals surface area contributed by atoms with Gasteiger partial charge in [-0.05, 0) is 32.1 Å². The van der Waals surface area contributed by atoms with Crippen LogP contribution in [0.2, 0.25) is 0 Å². The molecule has 14 heavy (non-hydrogen) atoms. The van der Waals surface area contributed by atoms with E-state index in [2.05, 4.69) is 0 Å². The van der Waals surface area contributed by atoms with Crippen molar-refractivity contribution < 1.29 is 9.53 Å². The molecule has 0 aliphatic heterocycles. The SMILES string of the molecule is CCC(C)OCC(N)(C(N)=O)C1CC1. The minimum absolute atomic E-state index is 0.135. The Labute approximate surface area is 85.0 Å². The van der Waals surface area contributed by atoms with Crippen molar-refractivity contribution in [2.75, 3.05) is 6.61 Å². The average Bonchev–Trinajstić information content (AvgIpc) is 2.96. The maximum atomic E-state index is 11.2. The first-order valence-electron chi connectivity index (χ1n) is 5.21. The molecule has 1 aliphatic carbocycles. The number of hydrogen-bond donors (Lipinski definition) is 2. The van der Waals surface area contributed by atoms with Crippen LogP contribution in [0.5, 0.6) is 0 Å². The van der Waals surface area contributed by atoms with Crippen molar-refractivity contribution in [2.45, 2.75) is 44.8 Å². The van der Waals surface area contributed by atoms with E-state index in [-0.39, 0.29) is 18.6 Å². The molecule has 0 heterocycles. The largest absolute Gasteiger partial charge is 0.376 e. The molecule has 1 rings (SSSR count). The maximum Gasteiger partial charge on any atom is 0.240 e. The Kier molecular flexibility index (Phi) is 3.50. The molecular weight excluding hydrogens is 180 g/mol. The highest BCUT2D eigenvalue weighted by atomic mass is 16.5. The van der Waals surface area contributed by atoms with E-state index in [1.807, 2.05) is 13.8 Å². The summed E-state index contributed by atoms with van der Waals surface area (Å²) in [6, 6.07) is 0. The number of rotatable bonds is 6. The van der Waals surface area contributed by atoms with Gasteiger partial charge in [-0.25, -0.2) is 0 Å². The van der Waals surface area contributed by atoms with Crippen LogP contribution in [0.15, 0.2) is 0 Å². The van der Waals surface area contributed by atoms with Gasteiger partial charge in [0.05, 0.1) is 12.7 Å². The van der Waals surface area contributed by atoms with Gasteiger partial charge in [-0.3, -0.25) is 4.79 Å². The Balaban J connectivity index is 2.47. The Hall–Kier alpha value is -0.610. The molecule has 2 atom stereocenters. The van der Waals surface area contributed by atoms with Gasteiger partial charge in [-0.15, -0.1) is 0 Å². The van der Waals surface area contributed by atoms with E-state index in [4.69, 9.17) is 16.2 Å². The zero-order chi connectivity index (χ0) is 10.8. The number of amides is 1. The summed E-state index contributed by atoms with van der Waals surface area (Å²) in [4.78, 5) is 11.2. The molecule has 1 aliphatic rings. The van der Waals surface area contributed by atoms with Crippen LogP contribution >= 0.6 is 0 Å². The second kappa shape index (κ2) is 4.28. The maximum absolute atomic E-state index is 11.2. The van der Waals surface area contributed by atoms with E-state index in [1.165, 1.54) is 0 Å². The number of primary amides is 1. The lowest BCUT2D eigenvalue weighted by Gasteiger charge is -2.27. The molecule has 0 saturated heterocycles. The number of carbonyl (C=O) groups excluding carboxylic acids is 1. The number of nitrogens with two attached hydrogens (primary N) is 2. The normalized spacial score (nSPS) is 22.8. The summed E-state index contributed by atoms with van der Waals surface area (Å²) in [6.07, 6.45) is 3.03. The first-order valence-corrected chi connectivity index (χ1v) is 5.21. The molecule has 4 N–H and O–H groups in total. The predicted octanol–water partition coefficient (Wildman–Crippen LogP) is 0.394. The van der Waals surface area contributed by atoms with Crippen molar-refractivity contribution >= 4 is 5.91 Å². The van der Waals surface area contributed by atoms with Gasteiger partial charge >= 0.3 is 0 Å². The van der Waals surface area contributed by atoms with Crippen LogP contribution in [0.25, 0.3) is 0 Å². The van der Waals surface area contributed by atoms with Crippen molar-refractivity contribution in [3.05, 3.63) is 0 Å². The van der Waals surface area contributed by atoms with Gasteiger partial charge in [0.15, 0.2) is 0 Å². The lowest BCUT2D eigenvalue weighted by molar-refractivity contribution is -0.127. The standard InChI is InChI=1S/C10H20N2O2/c1-3-7(2)14-6-10(12,9(11)13)8-4-5-8/h7-8H,3-6,12H2,1-2H3,(H2,11,13). The molecule has 4 heteroatoms. The van der Waals surface area contributed by atoms with E-state index in [0.29, 0.717) is 0 Å². The van der Waals surface area contributed by atoms with E-state index < -0.39 is 11.4 Å². The second-order valence-electron chi connectivity index (χ2n) is 4.21. The fraction of sp³-hybridized carbons (Fsp3) is 0.900. The van der Waals surface area contributed by atoms with Crippen LogP contribution in [0.4, 0.5) is 0 Å². The summed E-state index contributed by atoms with van der Waals surface area (Å²) < 4.78 is 5.49. The summed E-state index contributed by atoms with van der Waals surface area (Å²) in [5.41, 5.74) is 10.3. The average molecular weight is 200 g/mol. The molecular formula is C10H20N2O2. The van der Waals surface area contributed by atoms with E-state index in [9.17, 15) is 4.79 Å². The number of carbonyl (C=O) groups is 1. The summed E-state index contributed by atoms with van der Waals surface area (Å²) in [5.74, 6) is -0.215. The lowest BCUT2D eigenvalue weighted by atomic mass is 9.95. The summed E-state index contributed by atoms with van der Waals surface area (Å²) in [5, 5.41) is 0. The minimum Gasteiger partial charge on any atom is -0.376 e. The molecule has 4 nitrogen and oxygen atoms in total. The predicted molar refractivity (Wildman–Crippen MR) is 54.5 cm³/mol. The minimum atomic E-state index is -0.941. The Morgan fingerprint density at radius 3 is 2.57 bits per heavy atom. The molecule has 0 bridgehead atoms. The quantitative estimate of drug-likeness (QED) is 0.651. The fourth-order valence-electron chi connectivity index (χ4n) is 1.39. The summed E-state index contributed by atoms with van der Waals surface area (Å²) in [6.45, 7) is 4.25. The molecule has 0 aromatic carbocycles. The van der Waals surface area contributed by atoms with Crippen LogP contribution in [0.3, 0.4) is 0 Å². The third-order valence-electron chi connectivity index (χ3n) is 2.95. The van der Waals surface area contributed by atoms with E-state index in [1.54, 1.807) is 0 Å². The highest BCUT2D eigenvalue weighted by Gasteiger charge is 2.47. The van der Waals surface area contributed by atoms with Crippen molar-refractivity contribution in [3.8, 4) is 0 Å². The van der Waals surface area contributed by atoms with Gasteiger partial charge in [0.1, 0.15) is 5.54 Å².